The monoisotopic (exact) mass is 331 g/mol. The van der Waals surface area contributed by atoms with Gasteiger partial charge in [-0.25, -0.2) is 5.43 Å². The zero-order valence-electron chi connectivity index (χ0n) is 11.4. The van der Waals surface area contributed by atoms with Crippen molar-refractivity contribution in [1.29, 1.82) is 0 Å². The Bertz CT molecular complexity index is 515. The molecule has 0 radical (unpaired) electrons. The Morgan fingerprint density at radius 3 is 2.57 bits per heavy atom. The lowest BCUT2D eigenvalue weighted by Gasteiger charge is -2.03. The molecule has 21 heavy (non-hydrogen) atoms. The van der Waals surface area contributed by atoms with Crippen molar-refractivity contribution < 1.29 is 14.3 Å². The van der Waals surface area contributed by atoms with Gasteiger partial charge in [0.25, 0.3) is 0 Å². The van der Waals surface area contributed by atoms with Crippen molar-refractivity contribution in [3.63, 3.8) is 0 Å². The van der Waals surface area contributed by atoms with Crippen LogP contribution >= 0.6 is 23.2 Å². The summed E-state index contributed by atoms with van der Waals surface area (Å²) >= 11 is 11.9. The third-order valence-electron chi connectivity index (χ3n) is 2.38. The summed E-state index contributed by atoms with van der Waals surface area (Å²) < 4.78 is 4.82. The van der Waals surface area contributed by atoms with Crippen molar-refractivity contribution in [3.8, 4) is 0 Å². The molecule has 2 amide bonds. The van der Waals surface area contributed by atoms with Crippen LogP contribution in [-0.2, 0) is 14.3 Å². The molecule has 1 aromatic rings. The molecule has 0 aliphatic heterocycles. The first kappa shape index (κ1) is 17.4. The van der Waals surface area contributed by atoms with Gasteiger partial charge in [-0.2, -0.15) is 5.10 Å². The maximum absolute atomic E-state index is 11.4. The number of nitrogens with zero attached hydrogens (tertiary/aromatic N) is 1. The molecule has 0 atom stereocenters. The van der Waals surface area contributed by atoms with Gasteiger partial charge in [0.1, 0.15) is 0 Å². The topological polar surface area (TPSA) is 79.8 Å². The fraction of sp³-hybridized carbons (Fsp3) is 0.308. The third-order valence-corrected chi connectivity index (χ3v) is 3.04. The van der Waals surface area contributed by atoms with Crippen LogP contribution in [0.2, 0.25) is 10.0 Å². The van der Waals surface area contributed by atoms with E-state index in [2.05, 4.69) is 15.8 Å². The first-order valence-corrected chi connectivity index (χ1v) is 6.86. The number of halogens is 2. The second-order valence-electron chi connectivity index (χ2n) is 3.94. The number of nitrogens with one attached hydrogen (secondary N) is 2. The van der Waals surface area contributed by atoms with E-state index in [0.29, 0.717) is 35.2 Å². The summed E-state index contributed by atoms with van der Waals surface area (Å²) in [6.45, 7) is 0.852. The van der Waals surface area contributed by atoms with Crippen molar-refractivity contribution in [2.24, 2.45) is 5.10 Å². The quantitative estimate of drug-likeness (QED) is 0.359. The van der Waals surface area contributed by atoms with Crippen LogP contribution in [0.1, 0.15) is 12.0 Å². The van der Waals surface area contributed by atoms with Gasteiger partial charge in [-0.3, -0.25) is 9.59 Å². The summed E-state index contributed by atoms with van der Waals surface area (Å²) in [4.78, 5) is 22.8. The Labute approximate surface area is 132 Å². The van der Waals surface area contributed by atoms with E-state index in [4.69, 9.17) is 27.9 Å². The molecule has 0 unspecified atom stereocenters. The molecule has 0 heterocycles. The van der Waals surface area contributed by atoms with Crippen molar-refractivity contribution in [3.05, 3.63) is 33.8 Å². The molecule has 0 aliphatic rings. The SMILES string of the molecule is COCCCNC(=O)C(=O)N/N=C/c1c(Cl)cccc1Cl. The van der Waals surface area contributed by atoms with Gasteiger partial charge in [-0.1, -0.05) is 29.3 Å². The number of benzene rings is 1. The fourth-order valence-electron chi connectivity index (χ4n) is 1.34. The molecular weight excluding hydrogens is 317 g/mol. The Hall–Kier alpha value is -1.63. The highest BCUT2D eigenvalue weighted by Crippen LogP contribution is 2.21. The average molecular weight is 332 g/mol. The average Bonchev–Trinajstić information content (AvgIpc) is 2.46. The zero-order chi connectivity index (χ0) is 15.7. The van der Waals surface area contributed by atoms with Crippen LogP contribution in [0.15, 0.2) is 23.3 Å². The Kier molecular flexibility index (Phi) is 7.74. The molecule has 1 rings (SSSR count). The number of hydrogen-bond acceptors (Lipinski definition) is 4. The van der Waals surface area contributed by atoms with Gasteiger partial charge in [0.2, 0.25) is 0 Å². The zero-order valence-corrected chi connectivity index (χ0v) is 12.9. The van der Waals surface area contributed by atoms with E-state index in [0.717, 1.165) is 0 Å². The van der Waals surface area contributed by atoms with E-state index in [-0.39, 0.29) is 0 Å². The number of methoxy groups -OCH3 is 1. The summed E-state index contributed by atoms with van der Waals surface area (Å²) in [5, 5.41) is 6.87. The van der Waals surface area contributed by atoms with E-state index < -0.39 is 11.8 Å². The lowest BCUT2D eigenvalue weighted by molar-refractivity contribution is -0.139. The molecule has 0 spiro atoms. The summed E-state index contributed by atoms with van der Waals surface area (Å²) in [7, 11) is 1.56. The van der Waals surface area contributed by atoms with Crippen LogP contribution in [-0.4, -0.2) is 38.3 Å². The fourth-order valence-corrected chi connectivity index (χ4v) is 1.83. The smallest absolute Gasteiger partial charge is 0.329 e. The first-order valence-electron chi connectivity index (χ1n) is 6.10. The van der Waals surface area contributed by atoms with Gasteiger partial charge in [0.05, 0.1) is 16.3 Å². The second kappa shape index (κ2) is 9.33. The number of carbonyl (C=O) groups excluding carboxylic acids is 2. The van der Waals surface area contributed by atoms with Crippen molar-refractivity contribution in [1.82, 2.24) is 10.7 Å². The largest absolute Gasteiger partial charge is 0.385 e. The van der Waals surface area contributed by atoms with Crippen molar-refractivity contribution in [2.45, 2.75) is 6.42 Å². The maximum Gasteiger partial charge on any atom is 0.329 e. The minimum Gasteiger partial charge on any atom is -0.385 e. The number of carbonyl (C=O) groups is 2. The van der Waals surface area contributed by atoms with E-state index in [1.165, 1.54) is 6.21 Å². The molecule has 1 aromatic carbocycles. The lowest BCUT2D eigenvalue weighted by Crippen LogP contribution is -2.38. The number of hydrazone groups is 1. The Morgan fingerprint density at radius 2 is 1.95 bits per heavy atom. The molecule has 6 nitrogen and oxygen atoms in total. The van der Waals surface area contributed by atoms with Crippen LogP contribution in [0, 0.1) is 0 Å². The normalized spacial score (nSPS) is 10.6. The highest BCUT2D eigenvalue weighted by molar-refractivity contribution is 6.38. The number of hydrogen-bond donors (Lipinski definition) is 2. The van der Waals surface area contributed by atoms with Gasteiger partial charge in [-0.05, 0) is 18.6 Å². The van der Waals surface area contributed by atoms with Crippen LogP contribution < -0.4 is 10.7 Å². The minimum absolute atomic E-state index is 0.347. The molecule has 0 aromatic heterocycles. The molecule has 0 aliphatic carbocycles. The van der Waals surface area contributed by atoms with Gasteiger partial charge >= 0.3 is 11.8 Å². The van der Waals surface area contributed by atoms with E-state index >= 15 is 0 Å². The standard InChI is InChI=1S/C13H15Cl2N3O3/c1-21-7-3-6-16-12(19)13(20)18-17-8-9-10(14)4-2-5-11(9)15/h2,4-5,8H,3,6-7H2,1H3,(H,16,19)(H,18,20)/b17-8+. The second-order valence-corrected chi connectivity index (χ2v) is 4.75. The molecule has 0 saturated carbocycles. The van der Waals surface area contributed by atoms with E-state index in [9.17, 15) is 9.59 Å². The molecule has 114 valence electrons. The lowest BCUT2D eigenvalue weighted by atomic mass is 10.2. The molecule has 8 heteroatoms. The van der Waals surface area contributed by atoms with Crippen LogP contribution in [0.3, 0.4) is 0 Å². The highest BCUT2D eigenvalue weighted by atomic mass is 35.5. The number of ether oxygens (including phenoxy) is 1. The van der Waals surface area contributed by atoms with Crippen LogP contribution in [0.4, 0.5) is 0 Å². The molecular formula is C13H15Cl2N3O3. The number of amides is 2. The van der Waals surface area contributed by atoms with Crippen molar-refractivity contribution in [2.75, 3.05) is 20.3 Å². The van der Waals surface area contributed by atoms with Gasteiger partial charge in [-0.15, -0.1) is 0 Å². The summed E-state index contributed by atoms with van der Waals surface area (Å²) in [6.07, 6.45) is 1.90. The van der Waals surface area contributed by atoms with Crippen molar-refractivity contribution >= 4 is 41.2 Å². The van der Waals surface area contributed by atoms with Gasteiger partial charge in [0.15, 0.2) is 0 Å². The van der Waals surface area contributed by atoms with Crippen LogP contribution in [0.25, 0.3) is 0 Å². The number of rotatable bonds is 6. The summed E-state index contributed by atoms with van der Waals surface area (Å²) in [5.41, 5.74) is 2.56. The third kappa shape index (κ3) is 6.12. The first-order chi connectivity index (χ1) is 10.1. The molecule has 2 N–H and O–H groups in total. The molecule has 0 fully saturated rings. The minimum atomic E-state index is -0.869. The van der Waals surface area contributed by atoms with E-state index in [1.807, 2.05) is 0 Å². The predicted molar refractivity (Wildman–Crippen MR) is 81.7 cm³/mol. The molecule has 0 bridgehead atoms. The predicted octanol–water partition coefficient (Wildman–Crippen LogP) is 1.60. The molecule has 0 saturated heterocycles. The Morgan fingerprint density at radius 1 is 1.29 bits per heavy atom. The van der Waals surface area contributed by atoms with Gasteiger partial charge in [0, 0.05) is 25.8 Å². The highest BCUT2D eigenvalue weighted by Gasteiger charge is 2.11. The Balaban J connectivity index is 2.45. The van der Waals surface area contributed by atoms with Gasteiger partial charge < -0.3 is 10.1 Å². The summed E-state index contributed by atoms with van der Waals surface area (Å²) in [6, 6.07) is 4.96. The maximum atomic E-state index is 11.4. The van der Waals surface area contributed by atoms with Crippen LogP contribution in [0.5, 0.6) is 0 Å². The van der Waals surface area contributed by atoms with E-state index in [1.54, 1.807) is 25.3 Å². The summed E-state index contributed by atoms with van der Waals surface area (Å²) in [5.74, 6) is -1.64.